The monoisotopic (exact) mass is 301 g/mol. The zero-order valence-corrected chi connectivity index (χ0v) is 11.9. The highest BCUT2D eigenvalue weighted by atomic mass is 35.5. The Morgan fingerprint density at radius 2 is 2.05 bits per heavy atom. The second-order valence-corrected chi connectivity index (χ2v) is 4.65. The Hall–Kier alpha value is -1.79. The lowest BCUT2D eigenvalue weighted by Gasteiger charge is -2.12. The Balaban J connectivity index is 2.54. The molecule has 6 nitrogen and oxygen atoms in total. The Bertz CT molecular complexity index is 490. The molecule has 0 atom stereocenters. The summed E-state index contributed by atoms with van der Waals surface area (Å²) >= 11 is 6.02. The van der Waals surface area contributed by atoms with Gasteiger partial charge in [0.25, 0.3) is 0 Å². The number of halogens is 1. The normalized spacial score (nSPS) is 10.4. The van der Waals surface area contributed by atoms with Crippen molar-refractivity contribution in [3.05, 3.63) is 23.2 Å². The molecule has 1 aromatic carbocycles. The summed E-state index contributed by atoms with van der Waals surface area (Å²) in [5, 5.41) is 11.3. The smallest absolute Gasteiger partial charge is 0.329 e. The number of benzene rings is 1. The molecule has 0 unspecified atom stereocenters. The maximum atomic E-state index is 11.5. The molecule has 0 aliphatic heterocycles. The van der Waals surface area contributed by atoms with E-state index in [9.17, 15) is 9.59 Å². The van der Waals surface area contributed by atoms with Gasteiger partial charge in [0.05, 0.1) is 11.1 Å². The first-order chi connectivity index (χ1) is 9.38. The lowest BCUT2D eigenvalue weighted by molar-refractivity contribution is -0.143. The first-order valence-corrected chi connectivity index (χ1v) is 6.32. The van der Waals surface area contributed by atoms with E-state index in [0.29, 0.717) is 16.5 Å². The third kappa shape index (κ3) is 5.90. The van der Waals surface area contributed by atoms with Crippen molar-refractivity contribution in [3.8, 4) is 5.75 Å². The lowest BCUT2D eigenvalue weighted by atomic mass is 10.3. The van der Waals surface area contributed by atoms with E-state index < -0.39 is 18.5 Å². The number of amides is 1. The molecule has 110 valence electrons. The zero-order valence-electron chi connectivity index (χ0n) is 11.2. The number of carbonyl (C=O) groups excluding carboxylic acids is 1. The molecule has 0 radical (unpaired) electrons. The first-order valence-electron chi connectivity index (χ1n) is 5.94. The molecule has 20 heavy (non-hydrogen) atoms. The maximum absolute atomic E-state index is 11.5. The predicted octanol–water partition coefficient (Wildman–Crippen LogP) is 2.17. The van der Waals surface area contributed by atoms with Crippen molar-refractivity contribution >= 4 is 29.2 Å². The number of anilines is 1. The number of carboxylic acid groups (broad SMARTS) is 1. The van der Waals surface area contributed by atoms with Gasteiger partial charge in [-0.2, -0.15) is 0 Å². The van der Waals surface area contributed by atoms with E-state index in [1.54, 1.807) is 18.2 Å². The molecule has 0 aromatic heterocycles. The van der Waals surface area contributed by atoms with Crippen LogP contribution in [0.2, 0.25) is 5.02 Å². The van der Waals surface area contributed by atoms with Crippen molar-refractivity contribution in [2.24, 2.45) is 0 Å². The third-order valence-corrected chi connectivity index (χ3v) is 2.33. The summed E-state index contributed by atoms with van der Waals surface area (Å²) in [5.41, 5.74) is 0.482. The molecule has 0 saturated carbocycles. The number of carbonyl (C=O) groups is 2. The second kappa shape index (κ2) is 7.72. The molecule has 1 amide bonds. The van der Waals surface area contributed by atoms with E-state index >= 15 is 0 Å². The maximum Gasteiger partial charge on any atom is 0.329 e. The van der Waals surface area contributed by atoms with Crippen LogP contribution >= 0.6 is 11.6 Å². The van der Waals surface area contributed by atoms with E-state index in [-0.39, 0.29) is 12.7 Å². The molecule has 2 N–H and O–H groups in total. The molecule has 0 fully saturated rings. The van der Waals surface area contributed by atoms with Crippen molar-refractivity contribution in [1.82, 2.24) is 0 Å². The standard InChI is InChI=1S/C13H16ClNO5/c1-8(2)20-11-4-3-9(5-10(11)14)15-12(16)6-19-7-13(17)18/h3-5,8H,6-7H2,1-2H3,(H,15,16)(H,17,18). The Morgan fingerprint density at radius 1 is 1.35 bits per heavy atom. The van der Waals surface area contributed by atoms with E-state index in [4.69, 9.17) is 21.4 Å². The molecule has 0 aliphatic rings. The molecular weight excluding hydrogens is 286 g/mol. The predicted molar refractivity (Wildman–Crippen MR) is 74.3 cm³/mol. The van der Waals surface area contributed by atoms with Crippen LogP contribution in [0.15, 0.2) is 18.2 Å². The average Bonchev–Trinajstić information content (AvgIpc) is 2.31. The average molecular weight is 302 g/mol. The molecule has 1 aromatic rings. The van der Waals surface area contributed by atoms with Crippen LogP contribution in [0.4, 0.5) is 5.69 Å². The van der Waals surface area contributed by atoms with E-state index in [1.807, 2.05) is 13.8 Å². The fourth-order valence-electron chi connectivity index (χ4n) is 1.36. The molecule has 0 bridgehead atoms. The highest BCUT2D eigenvalue weighted by Gasteiger charge is 2.08. The van der Waals surface area contributed by atoms with Crippen LogP contribution in [0.25, 0.3) is 0 Å². The number of hydrogen-bond acceptors (Lipinski definition) is 4. The van der Waals surface area contributed by atoms with Gasteiger partial charge in [-0.05, 0) is 32.0 Å². The number of hydrogen-bond donors (Lipinski definition) is 2. The molecule has 7 heteroatoms. The summed E-state index contributed by atoms with van der Waals surface area (Å²) in [5.74, 6) is -1.06. The minimum Gasteiger partial charge on any atom is -0.489 e. The van der Waals surface area contributed by atoms with Gasteiger partial charge < -0.3 is 19.9 Å². The number of carboxylic acids is 1. The fourth-order valence-corrected chi connectivity index (χ4v) is 1.58. The Kier molecular flexibility index (Phi) is 6.27. The van der Waals surface area contributed by atoms with Crippen molar-refractivity contribution in [2.45, 2.75) is 20.0 Å². The van der Waals surface area contributed by atoms with Gasteiger partial charge in [0.1, 0.15) is 19.0 Å². The summed E-state index contributed by atoms with van der Waals surface area (Å²) in [4.78, 5) is 21.7. The molecule has 0 heterocycles. The Labute approximate surface area is 121 Å². The van der Waals surface area contributed by atoms with Gasteiger partial charge in [0.15, 0.2) is 0 Å². The van der Waals surface area contributed by atoms with Crippen molar-refractivity contribution in [3.63, 3.8) is 0 Å². The minimum absolute atomic E-state index is 0.00244. The van der Waals surface area contributed by atoms with Crippen LogP contribution in [0.5, 0.6) is 5.75 Å². The minimum atomic E-state index is -1.13. The number of aliphatic carboxylic acids is 1. The number of nitrogens with one attached hydrogen (secondary N) is 1. The van der Waals surface area contributed by atoms with E-state index in [0.717, 1.165) is 0 Å². The summed E-state index contributed by atoms with van der Waals surface area (Å²) in [7, 11) is 0. The lowest BCUT2D eigenvalue weighted by Crippen LogP contribution is -2.20. The fraction of sp³-hybridized carbons (Fsp3) is 0.385. The van der Waals surface area contributed by atoms with Gasteiger partial charge >= 0.3 is 5.97 Å². The van der Waals surface area contributed by atoms with Gasteiger partial charge in [-0.15, -0.1) is 0 Å². The van der Waals surface area contributed by atoms with Gasteiger partial charge in [-0.1, -0.05) is 11.6 Å². The zero-order chi connectivity index (χ0) is 15.1. The van der Waals surface area contributed by atoms with Crippen LogP contribution in [-0.4, -0.2) is 36.3 Å². The molecular formula is C13H16ClNO5. The van der Waals surface area contributed by atoms with E-state index in [2.05, 4.69) is 10.1 Å². The second-order valence-electron chi connectivity index (χ2n) is 4.25. The Morgan fingerprint density at radius 3 is 2.60 bits per heavy atom. The number of rotatable bonds is 7. The molecule has 0 aliphatic carbocycles. The van der Waals surface area contributed by atoms with Gasteiger partial charge in [-0.3, -0.25) is 4.79 Å². The van der Waals surface area contributed by atoms with Crippen LogP contribution < -0.4 is 10.1 Å². The van der Waals surface area contributed by atoms with Crippen LogP contribution in [-0.2, 0) is 14.3 Å². The van der Waals surface area contributed by atoms with Crippen LogP contribution in [0, 0.1) is 0 Å². The molecule has 0 spiro atoms. The van der Waals surface area contributed by atoms with Crippen molar-refractivity contribution in [1.29, 1.82) is 0 Å². The molecule has 0 saturated heterocycles. The van der Waals surface area contributed by atoms with Gasteiger partial charge in [-0.25, -0.2) is 4.79 Å². The third-order valence-electron chi connectivity index (χ3n) is 2.04. The van der Waals surface area contributed by atoms with Crippen molar-refractivity contribution < 1.29 is 24.2 Å². The highest BCUT2D eigenvalue weighted by Crippen LogP contribution is 2.28. The van der Waals surface area contributed by atoms with E-state index in [1.165, 1.54) is 0 Å². The summed E-state index contributed by atoms with van der Waals surface area (Å²) in [6, 6.07) is 4.84. The topological polar surface area (TPSA) is 84.9 Å². The summed E-state index contributed by atoms with van der Waals surface area (Å²) in [6.07, 6.45) is -0.00244. The first kappa shape index (κ1) is 16.3. The highest BCUT2D eigenvalue weighted by molar-refractivity contribution is 6.32. The van der Waals surface area contributed by atoms with Gasteiger partial charge in [0, 0.05) is 5.69 Å². The van der Waals surface area contributed by atoms with Crippen molar-refractivity contribution in [2.75, 3.05) is 18.5 Å². The van der Waals surface area contributed by atoms with Crippen LogP contribution in [0.3, 0.4) is 0 Å². The largest absolute Gasteiger partial charge is 0.489 e. The van der Waals surface area contributed by atoms with Crippen LogP contribution in [0.1, 0.15) is 13.8 Å². The summed E-state index contributed by atoms with van der Waals surface area (Å²) in [6.45, 7) is 2.90. The quantitative estimate of drug-likeness (QED) is 0.806. The SMILES string of the molecule is CC(C)Oc1ccc(NC(=O)COCC(=O)O)cc1Cl. The summed E-state index contributed by atoms with van der Waals surface area (Å²) < 4.78 is 10.1. The van der Waals surface area contributed by atoms with Gasteiger partial charge in [0.2, 0.25) is 5.91 Å². The number of ether oxygens (including phenoxy) is 2. The molecule has 1 rings (SSSR count).